The number of nitrogens with zero attached hydrogens (tertiary/aromatic N) is 1. The third kappa shape index (κ3) is 1.83. The number of aliphatic hydroxyl groups is 1. The molecule has 3 saturated carbocycles. The van der Waals surface area contributed by atoms with E-state index < -0.39 is 16.9 Å². The molecule has 2 bridgehead atoms. The van der Waals surface area contributed by atoms with Gasteiger partial charge in [0.1, 0.15) is 5.75 Å². The van der Waals surface area contributed by atoms with E-state index in [1.165, 1.54) is 19.3 Å². The molecule has 5 nitrogen and oxygen atoms in total. The number of rotatable bonds is 3. The molecular weight excluding hydrogens is 352 g/mol. The molecule has 1 aromatic carbocycles. The lowest BCUT2D eigenvalue weighted by molar-refractivity contribution is -0.160. The van der Waals surface area contributed by atoms with Crippen LogP contribution in [-0.4, -0.2) is 45.8 Å². The van der Waals surface area contributed by atoms with Crippen molar-refractivity contribution in [3.05, 3.63) is 28.8 Å². The van der Waals surface area contributed by atoms with E-state index in [-0.39, 0.29) is 22.8 Å². The van der Waals surface area contributed by atoms with E-state index in [2.05, 4.69) is 4.90 Å². The number of hydrogen-bond acceptors (Lipinski definition) is 4. The molecule has 6 rings (SSSR count). The summed E-state index contributed by atoms with van der Waals surface area (Å²) in [7, 11) is 0. The number of amides is 1. The van der Waals surface area contributed by atoms with Crippen molar-refractivity contribution in [3.8, 4) is 5.75 Å². The molecule has 1 amide bonds. The highest BCUT2D eigenvalue weighted by Gasteiger charge is 2.77. The zero-order valence-electron chi connectivity index (χ0n) is 16.4. The second-order valence-corrected chi connectivity index (χ2v) is 10.4. The highest BCUT2D eigenvalue weighted by molar-refractivity contribution is 5.96. The van der Waals surface area contributed by atoms with Crippen molar-refractivity contribution >= 4 is 5.91 Å². The van der Waals surface area contributed by atoms with Gasteiger partial charge in [-0.2, -0.15) is 0 Å². The highest BCUT2D eigenvalue weighted by atomic mass is 16.3. The molecule has 4 atom stereocenters. The Morgan fingerprint density at radius 3 is 2.71 bits per heavy atom. The van der Waals surface area contributed by atoms with Gasteiger partial charge in [-0.15, -0.1) is 0 Å². The first kappa shape index (κ1) is 17.3. The summed E-state index contributed by atoms with van der Waals surface area (Å²) in [6.45, 7) is 2.18. The molecule has 5 heteroatoms. The van der Waals surface area contributed by atoms with Crippen LogP contribution in [0.15, 0.2) is 12.1 Å². The van der Waals surface area contributed by atoms with Crippen molar-refractivity contribution in [3.63, 3.8) is 0 Å². The molecular formula is C23H30N2O3. The first-order valence-electron chi connectivity index (χ1n) is 11.0. The molecule has 2 spiro atoms. The van der Waals surface area contributed by atoms with Crippen molar-refractivity contribution in [1.82, 2.24) is 4.90 Å². The molecule has 0 radical (unpaired) electrons. The zero-order valence-corrected chi connectivity index (χ0v) is 16.4. The Morgan fingerprint density at radius 1 is 1.21 bits per heavy atom. The van der Waals surface area contributed by atoms with Crippen molar-refractivity contribution in [2.24, 2.45) is 17.1 Å². The number of likely N-dealkylation sites (tertiary alicyclic amines) is 1. The second kappa shape index (κ2) is 5.31. The number of aromatic hydroxyl groups is 1. The number of carbonyl (C=O) groups excluding carboxylic acids is 1. The van der Waals surface area contributed by atoms with Crippen LogP contribution in [0, 0.1) is 11.3 Å². The van der Waals surface area contributed by atoms with E-state index in [0.717, 1.165) is 68.7 Å². The monoisotopic (exact) mass is 382 g/mol. The molecule has 1 heterocycles. The summed E-state index contributed by atoms with van der Waals surface area (Å²) >= 11 is 0. The lowest BCUT2D eigenvalue weighted by atomic mass is 9.58. The minimum absolute atomic E-state index is 0.0343. The van der Waals surface area contributed by atoms with Gasteiger partial charge in [-0.25, -0.2) is 0 Å². The van der Waals surface area contributed by atoms with Crippen LogP contribution in [-0.2, 0) is 11.8 Å². The number of fused-ring (bicyclic) bond motifs is 2. The Kier molecular flexibility index (Phi) is 3.28. The third-order valence-corrected chi connectivity index (χ3v) is 9.08. The van der Waals surface area contributed by atoms with Crippen LogP contribution < -0.4 is 5.73 Å². The van der Waals surface area contributed by atoms with Crippen molar-refractivity contribution < 1.29 is 15.0 Å². The first-order chi connectivity index (χ1) is 13.4. The molecule has 1 aromatic rings. The molecule has 1 unspecified atom stereocenters. The maximum Gasteiger partial charge on any atom is 0.252 e. The van der Waals surface area contributed by atoms with Gasteiger partial charge in [-0.1, -0.05) is 25.3 Å². The quantitative estimate of drug-likeness (QED) is 0.749. The van der Waals surface area contributed by atoms with Crippen molar-refractivity contribution in [2.75, 3.05) is 13.1 Å². The summed E-state index contributed by atoms with van der Waals surface area (Å²) < 4.78 is 0. The molecule has 0 aromatic heterocycles. The number of primary amides is 1. The van der Waals surface area contributed by atoms with Gasteiger partial charge < -0.3 is 15.9 Å². The Hall–Kier alpha value is -1.59. The van der Waals surface area contributed by atoms with Crippen LogP contribution in [0.2, 0.25) is 0 Å². The molecule has 28 heavy (non-hydrogen) atoms. The average Bonchev–Trinajstić information content (AvgIpc) is 2.72. The predicted octanol–water partition coefficient (Wildman–Crippen LogP) is 2.46. The molecule has 4 fully saturated rings. The van der Waals surface area contributed by atoms with Gasteiger partial charge in [0, 0.05) is 35.5 Å². The maximum absolute atomic E-state index is 12.3. The zero-order chi connectivity index (χ0) is 19.3. The highest BCUT2D eigenvalue weighted by Crippen LogP contribution is 2.72. The molecule has 5 aliphatic rings. The fraction of sp³-hybridized carbons (Fsp3) is 0.696. The van der Waals surface area contributed by atoms with Crippen molar-refractivity contribution in [1.29, 1.82) is 0 Å². The summed E-state index contributed by atoms with van der Waals surface area (Å²) in [4.78, 5) is 14.5. The van der Waals surface area contributed by atoms with E-state index in [9.17, 15) is 15.0 Å². The van der Waals surface area contributed by atoms with E-state index >= 15 is 0 Å². The lowest BCUT2D eigenvalue weighted by Crippen LogP contribution is -2.71. The van der Waals surface area contributed by atoms with Gasteiger partial charge >= 0.3 is 0 Å². The van der Waals surface area contributed by atoms with Gasteiger partial charge in [-0.05, 0) is 56.1 Å². The normalized spacial score (nSPS) is 41.4. The number of benzene rings is 1. The molecule has 1 aliphatic heterocycles. The predicted molar refractivity (Wildman–Crippen MR) is 105 cm³/mol. The van der Waals surface area contributed by atoms with Gasteiger partial charge in [0.2, 0.25) is 0 Å². The smallest absolute Gasteiger partial charge is 0.252 e. The van der Waals surface area contributed by atoms with Crippen LogP contribution >= 0.6 is 0 Å². The summed E-state index contributed by atoms with van der Waals surface area (Å²) in [5.74, 6) is 0.231. The third-order valence-electron chi connectivity index (χ3n) is 9.08. The first-order valence-corrected chi connectivity index (χ1v) is 11.0. The maximum atomic E-state index is 12.3. The number of phenols is 1. The second-order valence-electron chi connectivity index (χ2n) is 10.4. The van der Waals surface area contributed by atoms with E-state index in [1.807, 2.05) is 6.07 Å². The largest absolute Gasteiger partial charge is 0.507 e. The summed E-state index contributed by atoms with van der Waals surface area (Å²) in [6, 6.07) is 3.85. The van der Waals surface area contributed by atoms with E-state index in [0.29, 0.717) is 0 Å². The Morgan fingerprint density at radius 2 is 2.00 bits per heavy atom. The molecule has 4 aliphatic carbocycles. The Balaban J connectivity index is 1.50. The van der Waals surface area contributed by atoms with Crippen molar-refractivity contribution in [2.45, 2.75) is 74.8 Å². The van der Waals surface area contributed by atoms with Crippen LogP contribution in [0.5, 0.6) is 5.75 Å². The van der Waals surface area contributed by atoms with E-state index in [1.54, 1.807) is 6.07 Å². The molecule has 150 valence electrons. The number of nitrogens with two attached hydrogens (primary N) is 1. The number of hydrogen-bond donors (Lipinski definition) is 3. The summed E-state index contributed by atoms with van der Waals surface area (Å²) in [6.07, 6.45) is 9.60. The van der Waals surface area contributed by atoms with Crippen LogP contribution in [0.3, 0.4) is 0 Å². The van der Waals surface area contributed by atoms with Crippen LogP contribution in [0.1, 0.15) is 72.9 Å². The lowest BCUT2D eigenvalue weighted by Gasteiger charge is -2.59. The minimum Gasteiger partial charge on any atom is -0.507 e. The fourth-order valence-electron chi connectivity index (χ4n) is 8.05. The number of carbonyl (C=O) groups is 1. The van der Waals surface area contributed by atoms with Crippen LogP contribution in [0.25, 0.3) is 0 Å². The summed E-state index contributed by atoms with van der Waals surface area (Å²) in [5, 5.41) is 23.4. The molecule has 1 saturated heterocycles. The van der Waals surface area contributed by atoms with Crippen LogP contribution in [0.4, 0.5) is 0 Å². The van der Waals surface area contributed by atoms with Gasteiger partial charge in [0.05, 0.1) is 11.2 Å². The van der Waals surface area contributed by atoms with Gasteiger partial charge in [-0.3, -0.25) is 9.69 Å². The minimum atomic E-state index is -0.813. The van der Waals surface area contributed by atoms with E-state index in [4.69, 9.17) is 5.73 Å². The molecule has 4 N–H and O–H groups in total. The average molecular weight is 383 g/mol. The Bertz CT molecular complexity index is 881. The topological polar surface area (TPSA) is 86.8 Å². The SMILES string of the molecule is NC(=O)c1ccc2c(c1O)[C@@]13CCCC[C@@]1(O)[C@@H]1N(CC4CCC4)CC1(C2)C3. The summed E-state index contributed by atoms with van der Waals surface area (Å²) in [5.41, 5.74) is 6.57. The Labute approximate surface area is 165 Å². The standard InChI is InChI=1S/C23H30N2O3/c24-19(27)16-7-6-15-10-21-12-22(17(15)18(16)26)8-1-2-9-23(22,28)20(21)25(13-21)11-14-4-3-5-14/h6-7,14,20,26,28H,1-5,8-13H2,(H2,24,27)/t20-,21?,22+,23-/m1/s1. The van der Waals surface area contributed by atoms with Gasteiger partial charge in [0.25, 0.3) is 5.91 Å². The fourth-order valence-corrected chi connectivity index (χ4v) is 8.05. The van der Waals surface area contributed by atoms with Gasteiger partial charge in [0.15, 0.2) is 0 Å².